The van der Waals surface area contributed by atoms with E-state index in [0.717, 1.165) is 37.1 Å². The molecule has 23 heavy (non-hydrogen) atoms. The number of hydrogen-bond donors (Lipinski definition) is 1. The monoisotopic (exact) mass is 353 g/mol. The Bertz CT molecular complexity index is 433. The average Bonchev–Trinajstić information content (AvgIpc) is 2.41. The van der Waals surface area contributed by atoms with Crippen molar-refractivity contribution < 1.29 is 26.3 Å². The first-order valence-electron chi connectivity index (χ1n) is 7.08. The highest BCUT2D eigenvalue weighted by Gasteiger charge is 2.40. The van der Waals surface area contributed by atoms with E-state index in [1.165, 1.54) is 6.42 Å². The second-order valence-corrected chi connectivity index (χ2v) is 5.86. The van der Waals surface area contributed by atoms with Crippen LogP contribution in [-0.2, 0) is 5.60 Å². The molecule has 6 nitrogen and oxygen atoms in total. The fourth-order valence-electron chi connectivity index (χ4n) is 3.18. The predicted molar refractivity (Wildman–Crippen MR) is 95.5 cm³/mol. The Balaban J connectivity index is -0.000001000. The molecule has 0 amide bonds. The van der Waals surface area contributed by atoms with E-state index in [1.807, 2.05) is 24.3 Å². The molecule has 7 N–H and O–H groups in total. The SMILES string of the molecule is COc1cccc([C@@]2(O)CCCC[C@@H]2CN(C)C)c1.Cl.O.O.O. The number of halogens is 1. The third-order valence-electron chi connectivity index (χ3n) is 4.19. The topological polar surface area (TPSA) is 127 Å². The Kier molecular flexibility index (Phi) is 13.6. The first-order chi connectivity index (χ1) is 9.06. The molecule has 1 aromatic rings. The lowest BCUT2D eigenvalue weighted by Crippen LogP contribution is -2.43. The molecule has 1 aliphatic rings. The van der Waals surface area contributed by atoms with Crippen LogP contribution in [0.5, 0.6) is 5.75 Å². The zero-order valence-corrected chi connectivity index (χ0v) is 14.9. The van der Waals surface area contributed by atoms with Crippen molar-refractivity contribution in [3.8, 4) is 5.75 Å². The Morgan fingerprint density at radius 3 is 2.43 bits per heavy atom. The fraction of sp³-hybridized carbons (Fsp3) is 0.625. The lowest BCUT2D eigenvalue weighted by atomic mass is 9.71. The fourth-order valence-corrected chi connectivity index (χ4v) is 3.18. The van der Waals surface area contributed by atoms with E-state index < -0.39 is 5.60 Å². The van der Waals surface area contributed by atoms with Gasteiger partial charge in [-0.3, -0.25) is 0 Å². The number of aliphatic hydroxyl groups is 1. The van der Waals surface area contributed by atoms with Crippen LogP contribution in [0.4, 0.5) is 0 Å². The Morgan fingerprint density at radius 1 is 1.22 bits per heavy atom. The van der Waals surface area contributed by atoms with Gasteiger partial charge in [0.2, 0.25) is 0 Å². The lowest BCUT2D eigenvalue weighted by Gasteiger charge is -2.41. The molecule has 1 aliphatic carbocycles. The molecule has 0 bridgehead atoms. The van der Waals surface area contributed by atoms with Crippen molar-refractivity contribution in [2.45, 2.75) is 31.3 Å². The maximum atomic E-state index is 11.2. The van der Waals surface area contributed by atoms with Crippen molar-refractivity contribution in [2.24, 2.45) is 5.92 Å². The van der Waals surface area contributed by atoms with Crippen molar-refractivity contribution in [1.82, 2.24) is 4.90 Å². The zero-order valence-electron chi connectivity index (χ0n) is 14.1. The third kappa shape index (κ3) is 6.25. The molecule has 7 heteroatoms. The Hall–Kier alpha value is -0.890. The van der Waals surface area contributed by atoms with Crippen LogP contribution in [-0.4, -0.2) is 54.2 Å². The van der Waals surface area contributed by atoms with Gasteiger partial charge in [-0.25, -0.2) is 0 Å². The van der Waals surface area contributed by atoms with E-state index in [2.05, 4.69) is 19.0 Å². The minimum absolute atomic E-state index is 0. The van der Waals surface area contributed by atoms with Crippen molar-refractivity contribution in [3.63, 3.8) is 0 Å². The molecule has 2 atom stereocenters. The van der Waals surface area contributed by atoms with Crippen molar-refractivity contribution in [2.75, 3.05) is 27.7 Å². The highest BCUT2D eigenvalue weighted by molar-refractivity contribution is 5.85. The second kappa shape index (κ2) is 11.6. The molecular weight excluding hydrogens is 322 g/mol. The maximum Gasteiger partial charge on any atom is 0.119 e. The Morgan fingerprint density at radius 2 is 1.87 bits per heavy atom. The van der Waals surface area contributed by atoms with Gasteiger partial charge in [0, 0.05) is 12.5 Å². The molecule has 138 valence electrons. The van der Waals surface area contributed by atoms with Crippen LogP contribution in [0.2, 0.25) is 0 Å². The molecule has 1 aromatic carbocycles. The third-order valence-corrected chi connectivity index (χ3v) is 4.19. The smallest absolute Gasteiger partial charge is 0.119 e. The minimum atomic E-state index is -0.711. The van der Waals surface area contributed by atoms with E-state index in [0.29, 0.717) is 5.92 Å². The minimum Gasteiger partial charge on any atom is -0.497 e. The number of methoxy groups -OCH3 is 1. The maximum absolute atomic E-state index is 11.2. The van der Waals surface area contributed by atoms with Gasteiger partial charge in [-0.05, 0) is 44.6 Å². The summed E-state index contributed by atoms with van der Waals surface area (Å²) in [4.78, 5) is 2.17. The van der Waals surface area contributed by atoms with Crippen LogP contribution in [0.15, 0.2) is 24.3 Å². The van der Waals surface area contributed by atoms with Gasteiger partial charge in [0.1, 0.15) is 5.75 Å². The summed E-state index contributed by atoms with van der Waals surface area (Å²) in [6.45, 7) is 0.924. The molecule has 0 heterocycles. The summed E-state index contributed by atoms with van der Waals surface area (Å²) >= 11 is 0. The average molecular weight is 354 g/mol. The number of hydrogen-bond acceptors (Lipinski definition) is 3. The molecule has 0 saturated heterocycles. The molecule has 0 aromatic heterocycles. The summed E-state index contributed by atoms with van der Waals surface area (Å²) in [6, 6.07) is 7.90. The van der Waals surface area contributed by atoms with E-state index in [4.69, 9.17) is 4.74 Å². The van der Waals surface area contributed by atoms with Gasteiger partial charge < -0.3 is 31.2 Å². The summed E-state index contributed by atoms with van der Waals surface area (Å²) in [7, 11) is 5.81. The van der Waals surface area contributed by atoms with Gasteiger partial charge in [0.25, 0.3) is 0 Å². The normalized spacial score (nSPS) is 22.7. The van der Waals surface area contributed by atoms with Crippen molar-refractivity contribution in [1.29, 1.82) is 0 Å². The zero-order chi connectivity index (χ0) is 13.9. The van der Waals surface area contributed by atoms with E-state index in [9.17, 15) is 5.11 Å². The van der Waals surface area contributed by atoms with Crippen molar-refractivity contribution in [3.05, 3.63) is 29.8 Å². The quantitative estimate of drug-likeness (QED) is 0.850. The number of ether oxygens (including phenoxy) is 1. The van der Waals surface area contributed by atoms with Crippen LogP contribution < -0.4 is 4.74 Å². The van der Waals surface area contributed by atoms with E-state index >= 15 is 0 Å². The largest absolute Gasteiger partial charge is 0.497 e. The van der Waals surface area contributed by atoms with Crippen LogP contribution in [0.3, 0.4) is 0 Å². The van der Waals surface area contributed by atoms with Gasteiger partial charge >= 0.3 is 0 Å². The summed E-state index contributed by atoms with van der Waals surface area (Å²) in [6.07, 6.45) is 4.24. The lowest BCUT2D eigenvalue weighted by molar-refractivity contribution is -0.0619. The van der Waals surface area contributed by atoms with Crippen LogP contribution in [0.25, 0.3) is 0 Å². The standard InChI is InChI=1S/C16H25NO2.ClH.3H2O/c1-17(2)12-14-7-4-5-10-16(14,18)13-8-6-9-15(11-13)19-3;;;;/h6,8-9,11,14,18H,4-5,7,10,12H2,1-3H3;1H;3*1H2/t14-,16+;;;;/m1..../s1. The molecule has 0 aliphatic heterocycles. The van der Waals surface area contributed by atoms with Gasteiger partial charge in [-0.1, -0.05) is 25.0 Å². The van der Waals surface area contributed by atoms with Gasteiger partial charge in [-0.15, -0.1) is 12.4 Å². The van der Waals surface area contributed by atoms with Gasteiger partial charge in [0.15, 0.2) is 0 Å². The number of nitrogens with zero attached hydrogens (tertiary/aromatic N) is 1. The molecule has 1 saturated carbocycles. The van der Waals surface area contributed by atoms with Crippen LogP contribution >= 0.6 is 12.4 Å². The predicted octanol–water partition coefficient (Wildman–Crippen LogP) is 0.582. The highest BCUT2D eigenvalue weighted by atomic mass is 35.5. The molecular formula is C16H32ClNO5. The summed E-state index contributed by atoms with van der Waals surface area (Å²) in [5.74, 6) is 1.11. The molecule has 2 rings (SSSR count). The summed E-state index contributed by atoms with van der Waals surface area (Å²) < 4.78 is 5.29. The summed E-state index contributed by atoms with van der Waals surface area (Å²) in [5, 5.41) is 11.2. The second-order valence-electron chi connectivity index (χ2n) is 5.86. The van der Waals surface area contributed by atoms with E-state index in [-0.39, 0.29) is 28.8 Å². The first-order valence-corrected chi connectivity index (χ1v) is 7.08. The summed E-state index contributed by atoms with van der Waals surface area (Å²) in [5.41, 5.74) is 0.287. The first kappa shape index (κ1) is 27.0. The van der Waals surface area contributed by atoms with Crippen LogP contribution in [0, 0.1) is 5.92 Å². The highest BCUT2D eigenvalue weighted by Crippen LogP contribution is 2.42. The van der Waals surface area contributed by atoms with Crippen LogP contribution in [0.1, 0.15) is 31.2 Å². The molecule has 0 radical (unpaired) electrons. The Labute approximate surface area is 144 Å². The number of benzene rings is 1. The van der Waals surface area contributed by atoms with Gasteiger partial charge in [-0.2, -0.15) is 0 Å². The van der Waals surface area contributed by atoms with E-state index in [1.54, 1.807) is 7.11 Å². The molecule has 1 fully saturated rings. The molecule has 0 spiro atoms. The van der Waals surface area contributed by atoms with Gasteiger partial charge in [0.05, 0.1) is 12.7 Å². The van der Waals surface area contributed by atoms with Crippen molar-refractivity contribution >= 4 is 12.4 Å². The number of rotatable bonds is 4. The molecule has 0 unspecified atom stereocenters.